The van der Waals surface area contributed by atoms with Gasteiger partial charge in [-0.05, 0) is 48.7 Å². The van der Waals surface area contributed by atoms with E-state index in [1.807, 2.05) is 18.2 Å². The average molecular weight is 469 g/mol. The van der Waals surface area contributed by atoms with Crippen molar-refractivity contribution < 1.29 is 22.3 Å². The molecule has 33 heavy (non-hydrogen) atoms. The van der Waals surface area contributed by atoms with Gasteiger partial charge in [0.2, 0.25) is 0 Å². The fourth-order valence-corrected chi connectivity index (χ4v) is 5.78. The van der Waals surface area contributed by atoms with Gasteiger partial charge in [0.25, 0.3) is 15.9 Å². The lowest BCUT2D eigenvalue weighted by Gasteiger charge is -2.31. The topological polar surface area (TPSA) is 66.9 Å². The number of rotatable bonds is 6. The Kier molecular flexibility index (Phi) is 6.37. The smallest absolute Gasteiger partial charge is 0.268 e. The molecule has 0 saturated heterocycles. The zero-order valence-corrected chi connectivity index (χ0v) is 19.3. The van der Waals surface area contributed by atoms with E-state index in [4.69, 9.17) is 4.74 Å². The highest BCUT2D eigenvalue weighted by atomic mass is 32.2. The first kappa shape index (κ1) is 22.8. The van der Waals surface area contributed by atoms with Crippen molar-refractivity contribution in [2.24, 2.45) is 0 Å². The molecule has 172 valence electrons. The van der Waals surface area contributed by atoms with Crippen LogP contribution in [-0.4, -0.2) is 39.9 Å². The summed E-state index contributed by atoms with van der Waals surface area (Å²) in [6.07, 6.45) is 1.50. The maximum Gasteiger partial charge on any atom is 0.268 e. The van der Waals surface area contributed by atoms with Crippen LogP contribution in [-0.2, 0) is 23.0 Å². The third-order valence-electron chi connectivity index (χ3n) is 5.76. The van der Waals surface area contributed by atoms with Gasteiger partial charge in [-0.1, -0.05) is 36.4 Å². The van der Waals surface area contributed by atoms with Crippen molar-refractivity contribution in [3.63, 3.8) is 0 Å². The summed E-state index contributed by atoms with van der Waals surface area (Å²) in [4.78, 5) is 14.3. The highest BCUT2D eigenvalue weighted by Crippen LogP contribution is 2.35. The van der Waals surface area contributed by atoms with Crippen LogP contribution >= 0.6 is 0 Å². The van der Waals surface area contributed by atoms with Crippen LogP contribution in [0, 0.1) is 5.82 Å². The molecule has 3 aromatic rings. The molecule has 0 fully saturated rings. The number of benzene rings is 3. The highest BCUT2D eigenvalue weighted by molar-refractivity contribution is 7.93. The van der Waals surface area contributed by atoms with Gasteiger partial charge < -0.3 is 9.64 Å². The molecule has 1 aliphatic rings. The monoisotopic (exact) mass is 468 g/mol. The number of carbonyl (C=O) groups is 1. The van der Waals surface area contributed by atoms with Crippen molar-refractivity contribution in [3.8, 4) is 5.75 Å². The number of amides is 1. The minimum absolute atomic E-state index is 0.0547. The Balaban J connectivity index is 1.69. The minimum atomic E-state index is -3.99. The van der Waals surface area contributed by atoms with Gasteiger partial charge >= 0.3 is 0 Å². The van der Waals surface area contributed by atoms with Gasteiger partial charge in [0.05, 0.1) is 12.8 Å². The Bertz CT molecular complexity index is 1290. The summed E-state index contributed by atoms with van der Waals surface area (Å²) >= 11 is 0. The highest BCUT2D eigenvalue weighted by Gasteiger charge is 2.32. The largest absolute Gasteiger partial charge is 0.495 e. The number of carbonyl (C=O) groups excluding carboxylic acids is 1. The van der Waals surface area contributed by atoms with E-state index in [1.165, 1.54) is 40.6 Å². The second-order valence-electron chi connectivity index (χ2n) is 7.93. The number of fused-ring (bicyclic) bond motifs is 1. The SMILES string of the molecule is COc1ccc(C(=O)N(C)Cc2ccccc2F)cc1S(=O)(=O)N1CCCc2ccccc21. The van der Waals surface area contributed by atoms with Crippen molar-refractivity contribution in [2.45, 2.75) is 24.3 Å². The third-order valence-corrected chi connectivity index (χ3v) is 7.59. The van der Waals surface area contributed by atoms with E-state index >= 15 is 0 Å². The molecule has 6 nitrogen and oxygen atoms in total. The average Bonchev–Trinajstić information content (AvgIpc) is 2.84. The van der Waals surface area contributed by atoms with Gasteiger partial charge in [-0.2, -0.15) is 0 Å². The number of halogens is 1. The Morgan fingerprint density at radius 2 is 1.82 bits per heavy atom. The number of sulfonamides is 1. The molecule has 0 aliphatic carbocycles. The van der Waals surface area contributed by atoms with Crippen LogP contribution in [0.3, 0.4) is 0 Å². The minimum Gasteiger partial charge on any atom is -0.495 e. The standard InChI is InChI=1S/C25H25FN2O4S/c1-27(17-20-9-3-5-11-21(20)26)25(29)19-13-14-23(32-2)24(16-19)33(30,31)28-15-7-10-18-8-4-6-12-22(18)28/h3-6,8-9,11-14,16H,7,10,15,17H2,1-2H3. The predicted molar refractivity (Wildman–Crippen MR) is 124 cm³/mol. The van der Waals surface area contributed by atoms with Crippen molar-refractivity contribution in [2.75, 3.05) is 25.0 Å². The molecule has 0 aromatic heterocycles. The van der Waals surface area contributed by atoms with Gasteiger partial charge in [-0.3, -0.25) is 9.10 Å². The molecular formula is C25H25FN2O4S. The zero-order valence-electron chi connectivity index (χ0n) is 18.5. The molecule has 0 saturated carbocycles. The van der Waals surface area contributed by atoms with Crippen molar-refractivity contribution in [1.29, 1.82) is 0 Å². The Labute approximate surface area is 193 Å². The van der Waals surface area contributed by atoms with Gasteiger partial charge in [-0.15, -0.1) is 0 Å². The number of nitrogens with zero attached hydrogens (tertiary/aromatic N) is 2. The van der Waals surface area contributed by atoms with Crippen LogP contribution in [0.4, 0.5) is 10.1 Å². The molecule has 3 aromatic carbocycles. The number of methoxy groups -OCH3 is 1. The zero-order chi connectivity index (χ0) is 23.6. The maximum absolute atomic E-state index is 14.0. The molecule has 1 heterocycles. The molecule has 1 amide bonds. The summed E-state index contributed by atoms with van der Waals surface area (Å²) < 4.78 is 48.1. The first-order chi connectivity index (χ1) is 15.8. The number of para-hydroxylation sites is 1. The summed E-state index contributed by atoms with van der Waals surface area (Å²) in [7, 11) is -1.05. The van der Waals surface area contributed by atoms with Crippen LogP contribution in [0.1, 0.15) is 27.9 Å². The molecule has 0 unspecified atom stereocenters. The normalized spacial score (nSPS) is 13.4. The summed E-state index contributed by atoms with van der Waals surface area (Å²) in [5, 5.41) is 0. The summed E-state index contributed by atoms with van der Waals surface area (Å²) in [5.74, 6) is -0.665. The Morgan fingerprint density at radius 3 is 2.58 bits per heavy atom. The van der Waals surface area contributed by atoms with Crippen molar-refractivity contribution in [3.05, 3.63) is 89.2 Å². The molecule has 1 aliphatic heterocycles. The van der Waals surface area contributed by atoms with E-state index in [0.717, 1.165) is 12.0 Å². The molecule has 0 N–H and O–H groups in total. The van der Waals surface area contributed by atoms with Gasteiger partial charge in [-0.25, -0.2) is 12.8 Å². The molecule has 0 bridgehead atoms. The van der Waals surface area contributed by atoms with Crippen molar-refractivity contribution in [1.82, 2.24) is 4.90 Å². The van der Waals surface area contributed by atoms with Crippen LogP contribution in [0.25, 0.3) is 0 Å². The third kappa shape index (κ3) is 4.43. The fraction of sp³-hybridized carbons (Fsp3) is 0.240. The van der Waals surface area contributed by atoms with Crippen LogP contribution in [0.5, 0.6) is 5.75 Å². The Morgan fingerprint density at radius 1 is 1.09 bits per heavy atom. The van der Waals surface area contributed by atoms with E-state index in [2.05, 4.69) is 0 Å². The van der Waals surface area contributed by atoms with Gasteiger partial charge in [0, 0.05) is 31.3 Å². The second-order valence-corrected chi connectivity index (χ2v) is 9.76. The lowest BCUT2D eigenvalue weighted by Crippen LogP contribution is -2.36. The van der Waals surface area contributed by atoms with E-state index in [1.54, 1.807) is 31.3 Å². The number of hydrogen-bond donors (Lipinski definition) is 0. The van der Waals surface area contributed by atoms with Gasteiger partial charge in [0.15, 0.2) is 0 Å². The maximum atomic E-state index is 14.0. The number of anilines is 1. The van der Waals surface area contributed by atoms with E-state index in [0.29, 0.717) is 24.2 Å². The Hall–Kier alpha value is -3.39. The van der Waals surface area contributed by atoms with Gasteiger partial charge in [0.1, 0.15) is 16.5 Å². The first-order valence-electron chi connectivity index (χ1n) is 10.6. The molecule has 8 heteroatoms. The molecule has 0 spiro atoms. The molecule has 0 radical (unpaired) electrons. The summed E-state index contributed by atoms with van der Waals surface area (Å²) in [5.41, 5.74) is 2.15. The number of hydrogen-bond acceptors (Lipinski definition) is 4. The van der Waals surface area contributed by atoms with E-state index in [9.17, 15) is 17.6 Å². The van der Waals surface area contributed by atoms with E-state index in [-0.39, 0.29) is 22.8 Å². The van der Waals surface area contributed by atoms with E-state index < -0.39 is 21.7 Å². The molecule has 4 rings (SSSR count). The number of ether oxygens (including phenoxy) is 1. The van der Waals surface area contributed by atoms with Crippen LogP contribution in [0.15, 0.2) is 71.6 Å². The predicted octanol–water partition coefficient (Wildman–Crippen LogP) is 4.25. The van der Waals surface area contributed by atoms with Crippen LogP contribution in [0.2, 0.25) is 0 Å². The quantitative estimate of drug-likeness (QED) is 0.543. The molecular weight excluding hydrogens is 443 g/mol. The molecule has 0 atom stereocenters. The van der Waals surface area contributed by atoms with Crippen LogP contribution < -0.4 is 9.04 Å². The number of aryl methyl sites for hydroxylation is 1. The lowest BCUT2D eigenvalue weighted by atomic mass is 10.0. The summed E-state index contributed by atoms with van der Waals surface area (Å²) in [6.45, 7) is 0.396. The van der Waals surface area contributed by atoms with Crippen molar-refractivity contribution >= 4 is 21.6 Å². The fourth-order valence-electron chi connectivity index (χ4n) is 4.05. The summed E-state index contributed by atoms with van der Waals surface area (Å²) in [6, 6.07) is 18.0. The lowest BCUT2D eigenvalue weighted by molar-refractivity contribution is 0.0783. The first-order valence-corrected chi connectivity index (χ1v) is 12.0. The second kappa shape index (κ2) is 9.23.